The van der Waals surface area contributed by atoms with Crippen LogP contribution in [0.3, 0.4) is 0 Å². The van der Waals surface area contributed by atoms with Crippen LogP contribution in [0.15, 0.2) is 12.1 Å². The average Bonchev–Trinajstić information content (AvgIpc) is 2.38. The van der Waals surface area contributed by atoms with Gasteiger partial charge in [0.05, 0.1) is 5.69 Å². The number of nitrogens with one attached hydrogen (secondary N) is 1. The first-order valence-electron chi connectivity index (χ1n) is 6.05. The molecule has 1 aliphatic heterocycles. The Hall–Kier alpha value is -1.43. The zero-order valence-electron chi connectivity index (χ0n) is 10.2. The molecular weight excluding hydrogens is 248 g/mol. The normalized spacial score (nSPS) is 16.4. The molecule has 0 spiro atoms. The molecule has 6 heteroatoms. The monoisotopic (exact) mass is 266 g/mol. The quantitative estimate of drug-likeness (QED) is 0.764. The van der Waals surface area contributed by atoms with Gasteiger partial charge < -0.3 is 16.8 Å². The molecule has 98 valence electrons. The van der Waals surface area contributed by atoms with Gasteiger partial charge in [-0.05, 0) is 42.4 Å². The molecule has 2 heterocycles. The van der Waals surface area contributed by atoms with Gasteiger partial charge >= 0.3 is 0 Å². The Morgan fingerprint density at radius 3 is 2.83 bits per heavy atom. The van der Waals surface area contributed by atoms with Gasteiger partial charge in [0.25, 0.3) is 5.91 Å². The summed E-state index contributed by atoms with van der Waals surface area (Å²) in [5, 5.41) is 3.22. The van der Waals surface area contributed by atoms with E-state index in [1.165, 1.54) is 24.3 Å². The first-order chi connectivity index (χ1) is 8.66. The summed E-state index contributed by atoms with van der Waals surface area (Å²) in [6.07, 6.45) is 2.43. The van der Waals surface area contributed by atoms with Gasteiger partial charge in [0.1, 0.15) is 11.5 Å². The molecule has 0 radical (unpaired) electrons. The molecule has 0 aromatic carbocycles. The van der Waals surface area contributed by atoms with Gasteiger partial charge in [-0.1, -0.05) is 0 Å². The molecule has 2 rings (SSSR count). The van der Waals surface area contributed by atoms with Crippen molar-refractivity contribution in [2.45, 2.75) is 12.8 Å². The Kier molecular flexibility index (Phi) is 4.30. The lowest BCUT2D eigenvalue weighted by Gasteiger charge is -2.22. The van der Waals surface area contributed by atoms with Crippen molar-refractivity contribution in [3.05, 3.63) is 17.8 Å². The number of thioether (sulfide) groups is 1. The maximum Gasteiger partial charge on any atom is 0.267 e. The molecule has 5 nitrogen and oxygen atoms in total. The van der Waals surface area contributed by atoms with Gasteiger partial charge in [-0.2, -0.15) is 11.8 Å². The highest BCUT2D eigenvalue weighted by atomic mass is 32.2. The summed E-state index contributed by atoms with van der Waals surface area (Å²) in [4.78, 5) is 15.2. The second kappa shape index (κ2) is 5.95. The lowest BCUT2D eigenvalue weighted by Crippen LogP contribution is -2.21. The predicted octanol–water partition coefficient (Wildman–Crippen LogP) is 1.32. The second-order valence-corrected chi connectivity index (χ2v) is 5.66. The fourth-order valence-electron chi connectivity index (χ4n) is 1.94. The van der Waals surface area contributed by atoms with E-state index in [9.17, 15) is 4.79 Å². The molecule has 0 aliphatic carbocycles. The minimum atomic E-state index is -0.535. The van der Waals surface area contributed by atoms with Crippen molar-refractivity contribution in [3.8, 4) is 0 Å². The number of anilines is 2. The number of hydrogen-bond donors (Lipinski definition) is 3. The molecule has 1 aromatic rings. The lowest BCUT2D eigenvalue weighted by molar-refractivity contribution is 0.0996. The van der Waals surface area contributed by atoms with Gasteiger partial charge in [0.15, 0.2) is 0 Å². The van der Waals surface area contributed by atoms with Gasteiger partial charge in [0.2, 0.25) is 0 Å². The summed E-state index contributed by atoms with van der Waals surface area (Å²) < 4.78 is 0. The van der Waals surface area contributed by atoms with Crippen LogP contribution in [0.5, 0.6) is 0 Å². The Labute approximate surface area is 111 Å². The third-order valence-electron chi connectivity index (χ3n) is 3.08. The zero-order valence-corrected chi connectivity index (χ0v) is 11.0. The summed E-state index contributed by atoms with van der Waals surface area (Å²) in [6, 6.07) is 3.20. The highest BCUT2D eigenvalue weighted by Gasteiger charge is 2.14. The number of carbonyl (C=O) groups excluding carboxylic acids is 1. The summed E-state index contributed by atoms with van der Waals surface area (Å²) in [5.41, 5.74) is 11.8. The second-order valence-electron chi connectivity index (χ2n) is 4.44. The fraction of sp³-hybridized carbons (Fsp3) is 0.500. The van der Waals surface area contributed by atoms with Crippen molar-refractivity contribution < 1.29 is 4.79 Å². The third-order valence-corrected chi connectivity index (χ3v) is 4.13. The number of pyridine rings is 1. The maximum atomic E-state index is 11.1. The molecular formula is C12H18N4OS. The van der Waals surface area contributed by atoms with Crippen LogP contribution in [0.1, 0.15) is 23.3 Å². The van der Waals surface area contributed by atoms with Crippen LogP contribution in [0.25, 0.3) is 0 Å². The molecule has 0 atom stereocenters. The summed E-state index contributed by atoms with van der Waals surface area (Å²) in [7, 11) is 0. The van der Waals surface area contributed by atoms with Crippen LogP contribution in [0.4, 0.5) is 11.5 Å². The SMILES string of the molecule is NC(=O)c1ccc(N)c(NCC2CCSCC2)n1. The van der Waals surface area contributed by atoms with E-state index in [-0.39, 0.29) is 5.69 Å². The Balaban J connectivity index is 1.99. The predicted molar refractivity (Wildman–Crippen MR) is 75.7 cm³/mol. The van der Waals surface area contributed by atoms with Crippen LogP contribution in [-0.2, 0) is 0 Å². The molecule has 0 unspecified atom stereocenters. The van der Waals surface area contributed by atoms with Crippen LogP contribution in [-0.4, -0.2) is 28.9 Å². The van der Waals surface area contributed by atoms with Crippen molar-refractivity contribution >= 4 is 29.2 Å². The van der Waals surface area contributed by atoms with E-state index in [1.807, 2.05) is 11.8 Å². The van der Waals surface area contributed by atoms with E-state index in [0.29, 0.717) is 17.4 Å². The third kappa shape index (κ3) is 3.29. The summed E-state index contributed by atoms with van der Waals surface area (Å²) >= 11 is 2.00. The summed E-state index contributed by atoms with van der Waals surface area (Å²) in [5.74, 6) is 3.12. The molecule has 1 saturated heterocycles. The minimum Gasteiger partial charge on any atom is -0.396 e. The molecule has 0 saturated carbocycles. The number of amides is 1. The molecule has 18 heavy (non-hydrogen) atoms. The lowest BCUT2D eigenvalue weighted by atomic mass is 10.0. The highest BCUT2D eigenvalue weighted by molar-refractivity contribution is 7.99. The number of rotatable bonds is 4. The molecule has 1 amide bonds. The van der Waals surface area contributed by atoms with Crippen molar-refractivity contribution in [2.24, 2.45) is 11.7 Å². The Bertz CT molecular complexity index is 432. The molecule has 0 bridgehead atoms. The van der Waals surface area contributed by atoms with E-state index in [1.54, 1.807) is 12.1 Å². The molecule has 1 aliphatic rings. The molecule has 1 aromatic heterocycles. The topological polar surface area (TPSA) is 94.0 Å². The van der Waals surface area contributed by atoms with Crippen molar-refractivity contribution in [2.75, 3.05) is 29.1 Å². The van der Waals surface area contributed by atoms with E-state index < -0.39 is 5.91 Å². The standard InChI is InChI=1S/C12H18N4OS/c13-9-1-2-10(11(14)17)16-12(9)15-7-8-3-5-18-6-4-8/h1-2,8H,3-7,13H2,(H2,14,17)(H,15,16). The maximum absolute atomic E-state index is 11.1. The van der Waals surface area contributed by atoms with E-state index in [4.69, 9.17) is 11.5 Å². The zero-order chi connectivity index (χ0) is 13.0. The number of carbonyl (C=O) groups is 1. The van der Waals surface area contributed by atoms with Crippen LogP contribution >= 0.6 is 11.8 Å². The fourth-order valence-corrected chi connectivity index (χ4v) is 3.14. The van der Waals surface area contributed by atoms with Crippen LogP contribution < -0.4 is 16.8 Å². The average molecular weight is 266 g/mol. The highest BCUT2D eigenvalue weighted by Crippen LogP contribution is 2.24. The van der Waals surface area contributed by atoms with Crippen molar-refractivity contribution in [1.29, 1.82) is 0 Å². The number of aromatic nitrogens is 1. The van der Waals surface area contributed by atoms with Gasteiger partial charge in [-0.25, -0.2) is 4.98 Å². The van der Waals surface area contributed by atoms with Gasteiger partial charge in [0, 0.05) is 6.54 Å². The number of nitrogens with zero attached hydrogens (tertiary/aromatic N) is 1. The Morgan fingerprint density at radius 2 is 2.17 bits per heavy atom. The number of primary amides is 1. The van der Waals surface area contributed by atoms with E-state index in [0.717, 1.165) is 6.54 Å². The summed E-state index contributed by atoms with van der Waals surface area (Å²) in [6.45, 7) is 0.847. The van der Waals surface area contributed by atoms with Crippen LogP contribution in [0.2, 0.25) is 0 Å². The smallest absolute Gasteiger partial charge is 0.267 e. The van der Waals surface area contributed by atoms with Gasteiger partial charge in [-0.15, -0.1) is 0 Å². The number of nitrogens with two attached hydrogens (primary N) is 2. The molecule has 1 fully saturated rings. The van der Waals surface area contributed by atoms with Gasteiger partial charge in [-0.3, -0.25) is 4.79 Å². The number of nitrogen functional groups attached to an aromatic ring is 1. The van der Waals surface area contributed by atoms with E-state index >= 15 is 0 Å². The van der Waals surface area contributed by atoms with Crippen molar-refractivity contribution in [3.63, 3.8) is 0 Å². The first-order valence-corrected chi connectivity index (χ1v) is 7.20. The number of hydrogen-bond acceptors (Lipinski definition) is 5. The van der Waals surface area contributed by atoms with Crippen molar-refractivity contribution in [1.82, 2.24) is 4.98 Å². The van der Waals surface area contributed by atoms with Crippen LogP contribution in [0, 0.1) is 5.92 Å². The minimum absolute atomic E-state index is 0.242. The van der Waals surface area contributed by atoms with E-state index in [2.05, 4.69) is 10.3 Å². The Morgan fingerprint density at radius 1 is 1.44 bits per heavy atom. The largest absolute Gasteiger partial charge is 0.396 e. The molecule has 5 N–H and O–H groups in total. The first kappa shape index (κ1) is 13.0.